The fourth-order valence-electron chi connectivity index (χ4n) is 2.40. The van der Waals surface area contributed by atoms with Crippen LogP contribution in [-0.4, -0.2) is 19.6 Å². The third-order valence-corrected chi connectivity index (χ3v) is 4.84. The van der Waals surface area contributed by atoms with Crippen LogP contribution in [-0.2, 0) is 4.79 Å². The Labute approximate surface area is 157 Å². The number of amides is 1. The molecule has 1 unspecified atom stereocenters. The summed E-state index contributed by atoms with van der Waals surface area (Å²) in [6, 6.07) is 7.58. The van der Waals surface area contributed by atoms with E-state index >= 15 is 0 Å². The van der Waals surface area contributed by atoms with Crippen LogP contribution in [0.1, 0.15) is 36.8 Å². The van der Waals surface area contributed by atoms with Crippen LogP contribution in [0.2, 0.25) is 5.02 Å². The molecule has 1 aromatic heterocycles. The number of nitrogens with one attached hydrogen (secondary N) is 1. The van der Waals surface area contributed by atoms with Gasteiger partial charge < -0.3 is 14.8 Å². The first kappa shape index (κ1) is 19.3. The molecule has 0 radical (unpaired) electrons. The van der Waals surface area contributed by atoms with Crippen LogP contribution in [0.4, 0.5) is 0 Å². The van der Waals surface area contributed by atoms with Crippen molar-refractivity contribution in [3.8, 4) is 11.5 Å². The van der Waals surface area contributed by atoms with Crippen molar-refractivity contribution >= 4 is 34.9 Å². The normalized spacial score (nSPS) is 12.2. The average molecular weight is 380 g/mol. The van der Waals surface area contributed by atoms with E-state index in [0.717, 1.165) is 16.9 Å². The van der Waals surface area contributed by atoms with Gasteiger partial charge in [0.05, 0.1) is 24.8 Å². The maximum absolute atomic E-state index is 12.2. The van der Waals surface area contributed by atoms with Gasteiger partial charge in [-0.1, -0.05) is 24.6 Å². The molecule has 0 aliphatic heterocycles. The molecule has 4 nitrogen and oxygen atoms in total. The molecule has 0 aliphatic carbocycles. The summed E-state index contributed by atoms with van der Waals surface area (Å²) in [7, 11) is 1.54. The Hall–Kier alpha value is -1.98. The highest BCUT2D eigenvalue weighted by Crippen LogP contribution is 2.36. The van der Waals surface area contributed by atoms with Crippen LogP contribution in [0.25, 0.3) is 6.08 Å². The fourth-order valence-corrected chi connectivity index (χ4v) is 3.56. The van der Waals surface area contributed by atoms with Crippen molar-refractivity contribution in [1.82, 2.24) is 5.32 Å². The predicted molar refractivity (Wildman–Crippen MR) is 104 cm³/mol. The number of halogens is 1. The molecule has 0 aliphatic rings. The number of hydrogen-bond acceptors (Lipinski definition) is 4. The summed E-state index contributed by atoms with van der Waals surface area (Å²) in [4.78, 5) is 13.4. The molecule has 1 aromatic carbocycles. The van der Waals surface area contributed by atoms with Crippen molar-refractivity contribution in [2.75, 3.05) is 13.7 Å². The third-order valence-electron chi connectivity index (χ3n) is 3.57. The number of ether oxygens (including phenoxy) is 2. The van der Waals surface area contributed by atoms with Crippen molar-refractivity contribution in [3.63, 3.8) is 0 Å². The van der Waals surface area contributed by atoms with Crippen molar-refractivity contribution in [2.45, 2.75) is 26.3 Å². The summed E-state index contributed by atoms with van der Waals surface area (Å²) in [6.07, 6.45) is 4.05. The Morgan fingerprint density at radius 1 is 1.40 bits per heavy atom. The molecule has 134 valence electrons. The lowest BCUT2D eigenvalue weighted by atomic mass is 10.1. The maximum Gasteiger partial charge on any atom is 0.244 e. The highest BCUT2D eigenvalue weighted by molar-refractivity contribution is 7.10. The van der Waals surface area contributed by atoms with Gasteiger partial charge in [-0.15, -0.1) is 11.3 Å². The zero-order valence-electron chi connectivity index (χ0n) is 14.5. The van der Waals surface area contributed by atoms with Crippen LogP contribution < -0.4 is 14.8 Å². The average Bonchev–Trinajstić information content (AvgIpc) is 3.12. The van der Waals surface area contributed by atoms with E-state index in [1.807, 2.05) is 31.4 Å². The van der Waals surface area contributed by atoms with E-state index < -0.39 is 0 Å². The van der Waals surface area contributed by atoms with E-state index in [1.54, 1.807) is 36.7 Å². The van der Waals surface area contributed by atoms with Crippen LogP contribution in [0.15, 0.2) is 35.7 Å². The summed E-state index contributed by atoms with van der Waals surface area (Å²) < 4.78 is 10.8. The molecule has 0 saturated carbocycles. The Morgan fingerprint density at radius 2 is 2.20 bits per heavy atom. The van der Waals surface area contributed by atoms with Crippen LogP contribution in [0.5, 0.6) is 11.5 Å². The molecule has 1 amide bonds. The number of carbonyl (C=O) groups excluding carboxylic acids is 1. The van der Waals surface area contributed by atoms with Crippen LogP contribution in [0.3, 0.4) is 0 Å². The molecule has 0 saturated heterocycles. The lowest BCUT2D eigenvalue weighted by Gasteiger charge is -2.14. The second-order valence-corrected chi connectivity index (χ2v) is 6.67. The van der Waals surface area contributed by atoms with Gasteiger partial charge in [-0.25, -0.2) is 0 Å². The van der Waals surface area contributed by atoms with Gasteiger partial charge in [0.2, 0.25) is 5.91 Å². The lowest BCUT2D eigenvalue weighted by molar-refractivity contribution is -0.117. The van der Waals surface area contributed by atoms with E-state index in [2.05, 4.69) is 5.32 Å². The van der Waals surface area contributed by atoms with Crippen molar-refractivity contribution < 1.29 is 14.3 Å². The third kappa shape index (κ3) is 5.25. The molecule has 2 rings (SSSR count). The molecule has 6 heteroatoms. The number of methoxy groups -OCH3 is 1. The Kier molecular flexibility index (Phi) is 7.34. The summed E-state index contributed by atoms with van der Waals surface area (Å²) in [5, 5.41) is 5.46. The largest absolute Gasteiger partial charge is 0.491 e. The van der Waals surface area contributed by atoms with Crippen LogP contribution >= 0.6 is 22.9 Å². The topological polar surface area (TPSA) is 47.6 Å². The molecular formula is C19H22ClNO3S. The molecule has 0 fully saturated rings. The minimum absolute atomic E-state index is 0.0237. The van der Waals surface area contributed by atoms with Crippen molar-refractivity contribution in [2.24, 2.45) is 0 Å². The Balaban J connectivity index is 2.11. The van der Waals surface area contributed by atoms with Gasteiger partial charge in [-0.3, -0.25) is 4.79 Å². The number of carbonyl (C=O) groups is 1. The molecule has 2 aromatic rings. The quantitative estimate of drug-likeness (QED) is 0.650. The van der Waals surface area contributed by atoms with Gasteiger partial charge in [0.15, 0.2) is 11.5 Å². The number of benzene rings is 1. The monoisotopic (exact) mass is 379 g/mol. The summed E-state index contributed by atoms with van der Waals surface area (Å²) in [5.74, 6) is 0.904. The van der Waals surface area contributed by atoms with Crippen molar-refractivity contribution in [1.29, 1.82) is 0 Å². The SMILES string of the molecule is CCOc1cc(C=CC(=O)NC(CC)c2cccs2)cc(Cl)c1OC. The summed E-state index contributed by atoms with van der Waals surface area (Å²) >= 11 is 7.86. The zero-order valence-corrected chi connectivity index (χ0v) is 16.1. The summed E-state index contributed by atoms with van der Waals surface area (Å²) in [5.41, 5.74) is 0.772. The minimum atomic E-state index is -0.148. The van der Waals surface area contributed by atoms with Gasteiger partial charge in [0.1, 0.15) is 0 Å². The fraction of sp³-hybridized carbons (Fsp3) is 0.316. The first-order valence-corrected chi connectivity index (χ1v) is 9.37. The van der Waals surface area contributed by atoms with Crippen molar-refractivity contribution in [3.05, 3.63) is 51.2 Å². The Morgan fingerprint density at radius 3 is 2.80 bits per heavy atom. The molecule has 25 heavy (non-hydrogen) atoms. The van der Waals surface area contributed by atoms with Gasteiger partial charge in [-0.05, 0) is 48.6 Å². The van der Waals surface area contributed by atoms with E-state index in [1.165, 1.54) is 6.08 Å². The zero-order chi connectivity index (χ0) is 18.2. The smallest absolute Gasteiger partial charge is 0.244 e. The van der Waals surface area contributed by atoms with Crippen LogP contribution in [0, 0.1) is 0 Å². The number of thiophene rings is 1. The second kappa shape index (κ2) is 9.49. The van der Waals surface area contributed by atoms with E-state index in [0.29, 0.717) is 23.1 Å². The molecule has 1 N–H and O–H groups in total. The predicted octanol–water partition coefficient (Wildman–Crippen LogP) is 5.09. The van der Waals surface area contributed by atoms with Gasteiger partial charge in [-0.2, -0.15) is 0 Å². The molecule has 0 bridgehead atoms. The molecule has 1 atom stereocenters. The van der Waals surface area contributed by atoms with Gasteiger partial charge >= 0.3 is 0 Å². The van der Waals surface area contributed by atoms with Gasteiger partial charge in [0.25, 0.3) is 0 Å². The minimum Gasteiger partial charge on any atom is -0.491 e. The first-order chi connectivity index (χ1) is 12.1. The maximum atomic E-state index is 12.2. The molecule has 0 spiro atoms. The molecular weight excluding hydrogens is 358 g/mol. The lowest BCUT2D eigenvalue weighted by Crippen LogP contribution is -2.25. The van der Waals surface area contributed by atoms with E-state index in [9.17, 15) is 4.79 Å². The van der Waals surface area contributed by atoms with E-state index in [4.69, 9.17) is 21.1 Å². The number of hydrogen-bond donors (Lipinski definition) is 1. The van der Waals surface area contributed by atoms with E-state index in [-0.39, 0.29) is 11.9 Å². The first-order valence-electron chi connectivity index (χ1n) is 8.11. The summed E-state index contributed by atoms with van der Waals surface area (Å²) in [6.45, 7) is 4.43. The van der Waals surface area contributed by atoms with Gasteiger partial charge in [0, 0.05) is 11.0 Å². The Bertz CT molecular complexity index is 729. The molecule has 1 heterocycles. The highest BCUT2D eigenvalue weighted by Gasteiger charge is 2.13. The standard InChI is InChI=1S/C19H22ClNO3S/c1-4-15(17-7-6-10-25-17)21-18(22)9-8-13-11-14(20)19(23-3)16(12-13)24-5-2/h6-12,15H,4-5H2,1-3H3,(H,21,22). The second-order valence-electron chi connectivity index (χ2n) is 5.29. The number of rotatable bonds is 8. The highest BCUT2D eigenvalue weighted by atomic mass is 35.5.